The molecule has 0 saturated carbocycles. The maximum Gasteiger partial charge on any atom is 0.419 e. The summed E-state index contributed by atoms with van der Waals surface area (Å²) >= 11 is 0. The molecule has 2 aromatic carbocycles. The van der Waals surface area contributed by atoms with Crippen LogP contribution in [-0.2, 0) is 27.5 Å². The second-order valence-electron chi connectivity index (χ2n) is 7.64. The summed E-state index contributed by atoms with van der Waals surface area (Å²) < 4.78 is 71.6. The summed E-state index contributed by atoms with van der Waals surface area (Å²) in [6.45, 7) is 0.771. The molecule has 0 spiro atoms. The molecule has 0 bridgehead atoms. The van der Waals surface area contributed by atoms with E-state index >= 15 is 0 Å². The molecule has 1 saturated heterocycles. The fourth-order valence-corrected chi connectivity index (χ4v) is 5.24. The van der Waals surface area contributed by atoms with E-state index in [0.717, 1.165) is 25.0 Å². The fraction of sp³-hybridized carbons (Fsp3) is 0.333. The van der Waals surface area contributed by atoms with E-state index in [1.807, 2.05) is 0 Å². The van der Waals surface area contributed by atoms with Crippen molar-refractivity contribution >= 4 is 32.7 Å². The largest absolute Gasteiger partial charge is 0.419 e. The number of carbonyl (C=O) groups is 1. The van der Waals surface area contributed by atoms with Crippen LogP contribution in [0.1, 0.15) is 24.8 Å². The molecule has 1 aliphatic rings. The number of aromatic nitrogens is 1. The quantitative estimate of drug-likeness (QED) is 0.579. The smallest absolute Gasteiger partial charge is 0.408 e. The lowest BCUT2D eigenvalue weighted by atomic mass is 10.2. The van der Waals surface area contributed by atoms with Gasteiger partial charge in [0.25, 0.3) is 0 Å². The number of carbonyl (C=O) groups excluding carboxylic acids is 1. The second kappa shape index (κ2) is 8.67. The number of nitrogens with zero attached hydrogens (tertiary/aromatic N) is 2. The highest BCUT2D eigenvalue weighted by molar-refractivity contribution is 7.89. The molecule has 8 nitrogen and oxygen atoms in total. The monoisotopic (exact) mass is 483 g/mol. The number of hydrogen-bond donors (Lipinski definition) is 1. The van der Waals surface area contributed by atoms with Gasteiger partial charge in [-0.15, -0.1) is 0 Å². The van der Waals surface area contributed by atoms with Gasteiger partial charge in [0.2, 0.25) is 15.9 Å². The van der Waals surface area contributed by atoms with Gasteiger partial charge < -0.3 is 9.73 Å². The Kier molecular flexibility index (Phi) is 6.06. The molecular formula is C21H20F3N3O5S. The van der Waals surface area contributed by atoms with Crippen LogP contribution >= 0.6 is 0 Å². The highest BCUT2D eigenvalue weighted by atomic mass is 32.2. The molecule has 1 fully saturated rings. The summed E-state index contributed by atoms with van der Waals surface area (Å²) in [4.78, 5) is 24.5. The van der Waals surface area contributed by atoms with Gasteiger partial charge >= 0.3 is 11.9 Å². The Labute approximate surface area is 186 Å². The van der Waals surface area contributed by atoms with Crippen LogP contribution in [-0.4, -0.2) is 36.3 Å². The highest BCUT2D eigenvalue weighted by Crippen LogP contribution is 2.30. The van der Waals surface area contributed by atoms with Gasteiger partial charge in [0.1, 0.15) is 0 Å². The number of aryl methyl sites for hydroxylation is 1. The molecule has 176 valence electrons. The first-order valence-electron chi connectivity index (χ1n) is 10.2. The Morgan fingerprint density at radius 3 is 2.52 bits per heavy atom. The van der Waals surface area contributed by atoms with Crippen LogP contribution in [0, 0.1) is 0 Å². The number of nitrogens with one attached hydrogen (secondary N) is 1. The topological polar surface area (TPSA) is 102 Å². The first-order chi connectivity index (χ1) is 15.6. The minimum atomic E-state index is -4.54. The number of sulfonamides is 1. The van der Waals surface area contributed by atoms with E-state index in [9.17, 15) is 31.2 Å². The van der Waals surface area contributed by atoms with Crippen LogP contribution in [0.25, 0.3) is 11.1 Å². The van der Waals surface area contributed by atoms with E-state index in [2.05, 4.69) is 5.32 Å². The molecule has 12 heteroatoms. The lowest BCUT2D eigenvalue weighted by Crippen LogP contribution is -2.27. The summed E-state index contributed by atoms with van der Waals surface area (Å²) in [5.41, 5.74) is -0.529. The Hall–Kier alpha value is -3.12. The molecule has 1 amide bonds. The second-order valence-corrected chi connectivity index (χ2v) is 9.58. The van der Waals surface area contributed by atoms with Gasteiger partial charge in [0, 0.05) is 37.8 Å². The Balaban J connectivity index is 1.48. The van der Waals surface area contributed by atoms with Crippen LogP contribution in [0.5, 0.6) is 0 Å². The van der Waals surface area contributed by atoms with Crippen molar-refractivity contribution in [3.05, 3.63) is 58.6 Å². The predicted molar refractivity (Wildman–Crippen MR) is 113 cm³/mol. The molecule has 4 rings (SSSR count). The lowest BCUT2D eigenvalue weighted by Gasteiger charge is -2.15. The predicted octanol–water partition coefficient (Wildman–Crippen LogP) is 3.43. The van der Waals surface area contributed by atoms with Crippen LogP contribution in [0.2, 0.25) is 0 Å². The molecule has 1 aromatic heterocycles. The number of oxazole rings is 1. The van der Waals surface area contributed by atoms with Crippen molar-refractivity contribution in [3.63, 3.8) is 0 Å². The van der Waals surface area contributed by atoms with Crippen LogP contribution in [0.15, 0.2) is 56.6 Å². The van der Waals surface area contributed by atoms with Gasteiger partial charge in [0.05, 0.1) is 16.0 Å². The lowest BCUT2D eigenvalue weighted by molar-refractivity contribution is -0.137. The number of amides is 1. The van der Waals surface area contributed by atoms with Gasteiger partial charge in [-0.3, -0.25) is 9.36 Å². The molecule has 0 unspecified atom stereocenters. The average Bonchev–Trinajstić information content (AvgIpc) is 3.39. The van der Waals surface area contributed by atoms with Crippen molar-refractivity contribution in [1.82, 2.24) is 8.87 Å². The summed E-state index contributed by atoms with van der Waals surface area (Å²) in [5, 5.41) is 2.37. The van der Waals surface area contributed by atoms with E-state index in [0.29, 0.717) is 18.6 Å². The van der Waals surface area contributed by atoms with Crippen molar-refractivity contribution in [2.24, 2.45) is 0 Å². The molecule has 3 aromatic rings. The Bertz CT molecular complexity index is 1360. The van der Waals surface area contributed by atoms with Gasteiger partial charge in [-0.05, 0) is 43.2 Å². The molecule has 0 aliphatic carbocycles. The molecule has 0 radical (unpaired) electrons. The minimum absolute atomic E-state index is 0.0140. The highest BCUT2D eigenvalue weighted by Gasteiger charge is 2.30. The fourth-order valence-electron chi connectivity index (χ4n) is 3.71. The molecule has 2 heterocycles. The van der Waals surface area contributed by atoms with E-state index in [1.54, 1.807) is 0 Å². The summed E-state index contributed by atoms with van der Waals surface area (Å²) in [6.07, 6.45) is -3.17. The van der Waals surface area contributed by atoms with Crippen molar-refractivity contribution in [2.45, 2.75) is 36.9 Å². The molecule has 0 atom stereocenters. The molecule has 1 aliphatic heterocycles. The summed E-state index contributed by atoms with van der Waals surface area (Å²) in [6, 6.07) is 8.32. The third kappa shape index (κ3) is 4.81. The summed E-state index contributed by atoms with van der Waals surface area (Å²) in [5.74, 6) is -1.36. The number of fused-ring (bicyclic) bond motifs is 1. The number of halogens is 3. The normalized spacial score (nSPS) is 15.2. The zero-order chi connectivity index (χ0) is 23.8. The number of rotatable bonds is 6. The minimum Gasteiger partial charge on any atom is -0.408 e. The van der Waals surface area contributed by atoms with Crippen molar-refractivity contribution in [1.29, 1.82) is 0 Å². The number of anilines is 1. The summed E-state index contributed by atoms with van der Waals surface area (Å²) in [7, 11) is -3.69. The van der Waals surface area contributed by atoms with Crippen molar-refractivity contribution < 1.29 is 30.8 Å². The van der Waals surface area contributed by atoms with Gasteiger partial charge in [-0.1, -0.05) is 6.07 Å². The van der Waals surface area contributed by atoms with E-state index in [-0.39, 0.29) is 29.1 Å². The number of alkyl halides is 3. The standard InChI is InChI=1S/C21H20F3N3O5S/c22-21(23,24)14-4-3-5-15(12-14)25-19(28)8-11-27-17-7-6-16(13-18(17)32-20(27)29)33(30,31)26-9-1-2-10-26/h3-7,12-13H,1-2,8-11H2,(H,25,28). The van der Waals surface area contributed by atoms with Gasteiger partial charge in [0.15, 0.2) is 5.58 Å². The maximum absolute atomic E-state index is 12.8. The third-order valence-electron chi connectivity index (χ3n) is 5.38. The van der Waals surface area contributed by atoms with Crippen molar-refractivity contribution in [2.75, 3.05) is 18.4 Å². The van der Waals surface area contributed by atoms with E-state index < -0.39 is 33.4 Å². The van der Waals surface area contributed by atoms with Crippen LogP contribution < -0.4 is 11.1 Å². The third-order valence-corrected chi connectivity index (χ3v) is 7.27. The number of hydrogen-bond acceptors (Lipinski definition) is 5. The van der Waals surface area contributed by atoms with Gasteiger partial charge in [-0.25, -0.2) is 13.2 Å². The van der Waals surface area contributed by atoms with Crippen molar-refractivity contribution in [3.8, 4) is 0 Å². The van der Waals surface area contributed by atoms with Crippen LogP contribution in [0.4, 0.5) is 18.9 Å². The first kappa shape index (κ1) is 23.1. The van der Waals surface area contributed by atoms with Gasteiger partial charge in [-0.2, -0.15) is 17.5 Å². The zero-order valence-electron chi connectivity index (χ0n) is 17.3. The number of benzene rings is 2. The molecule has 1 N–H and O–H groups in total. The Morgan fingerprint density at radius 1 is 1.09 bits per heavy atom. The average molecular weight is 483 g/mol. The zero-order valence-corrected chi connectivity index (χ0v) is 18.1. The molecular weight excluding hydrogens is 463 g/mol. The maximum atomic E-state index is 12.8. The Morgan fingerprint density at radius 2 is 1.82 bits per heavy atom. The first-order valence-corrected chi connectivity index (χ1v) is 11.6. The van der Waals surface area contributed by atoms with E-state index in [1.165, 1.54) is 39.2 Å². The van der Waals surface area contributed by atoms with E-state index in [4.69, 9.17) is 4.42 Å². The van der Waals surface area contributed by atoms with Crippen LogP contribution in [0.3, 0.4) is 0 Å². The molecule has 33 heavy (non-hydrogen) atoms. The SMILES string of the molecule is O=C(CCn1c(=O)oc2cc(S(=O)(=O)N3CCCC3)ccc21)Nc1cccc(C(F)(F)F)c1.